The number of amides is 2. The highest BCUT2D eigenvalue weighted by Crippen LogP contribution is 2.43. The molecule has 3 aliphatic rings. The van der Waals surface area contributed by atoms with Crippen molar-refractivity contribution in [2.24, 2.45) is 5.92 Å². The number of carbonyl (C=O) groups excluding carboxylic acids is 2. The molecule has 2 N–H and O–H groups in total. The van der Waals surface area contributed by atoms with Crippen molar-refractivity contribution in [1.82, 2.24) is 10.7 Å². The molecule has 1 fully saturated rings. The summed E-state index contributed by atoms with van der Waals surface area (Å²) in [7, 11) is 0. The molecule has 0 bridgehead atoms. The smallest absolute Gasteiger partial charge is 0.304 e. The fourth-order valence-corrected chi connectivity index (χ4v) is 4.96. The van der Waals surface area contributed by atoms with E-state index in [0.29, 0.717) is 19.4 Å². The number of rotatable bonds is 3. The van der Waals surface area contributed by atoms with Crippen LogP contribution >= 0.6 is 0 Å². The number of hydrogen-bond acceptors (Lipinski definition) is 3. The fraction of sp³-hybridized carbons (Fsp3) is 0.231. The molecule has 2 aliphatic heterocycles. The first kappa shape index (κ1) is 22.3. The van der Waals surface area contributed by atoms with Crippen LogP contribution in [0.4, 0.5) is 13.2 Å². The van der Waals surface area contributed by atoms with Gasteiger partial charge < -0.3 is 5.32 Å². The standard InChI is InChI=1S/C26H22F3N3O2/c27-26(28,29)22-11-5-9-19(13-22)25(34)31-32-16-21(17-6-2-1-3-7-17)12-18-8-4-10-20(24(18)32)14-30-15-23(32)33/h1-9,11,13,16,20,30H,10,12,14-15H2/p+1. The summed E-state index contributed by atoms with van der Waals surface area (Å²) in [6.45, 7) is 0.595. The topological polar surface area (TPSA) is 58.2 Å². The van der Waals surface area contributed by atoms with Crippen LogP contribution in [0.5, 0.6) is 0 Å². The van der Waals surface area contributed by atoms with Crippen molar-refractivity contribution < 1.29 is 27.4 Å². The molecule has 1 aliphatic carbocycles. The van der Waals surface area contributed by atoms with E-state index in [1.165, 1.54) is 12.1 Å². The van der Waals surface area contributed by atoms with Crippen LogP contribution in [0.15, 0.2) is 84.2 Å². The summed E-state index contributed by atoms with van der Waals surface area (Å²) in [5.74, 6) is -1.06. The number of benzene rings is 2. The molecule has 2 heterocycles. The lowest BCUT2D eigenvalue weighted by atomic mass is 9.84. The molecule has 174 valence electrons. The number of quaternary nitrogens is 1. The number of allylic oxidation sites excluding steroid dienone is 4. The Morgan fingerprint density at radius 3 is 2.65 bits per heavy atom. The molecule has 2 unspecified atom stereocenters. The Bertz CT molecular complexity index is 1250. The Balaban J connectivity index is 1.63. The number of alkyl halides is 3. The number of carbonyl (C=O) groups is 2. The van der Waals surface area contributed by atoms with E-state index in [1.807, 2.05) is 36.4 Å². The zero-order chi connectivity index (χ0) is 23.9. The SMILES string of the molecule is O=C(N[N+]12C=C(c3ccccc3)CC3=C1C(CC=C3)CNCC2=O)c1cccc(C(F)(F)F)c1. The van der Waals surface area contributed by atoms with Crippen LogP contribution < -0.4 is 10.7 Å². The van der Waals surface area contributed by atoms with Gasteiger partial charge in [-0.25, -0.2) is 4.79 Å². The number of halogens is 3. The van der Waals surface area contributed by atoms with Crippen molar-refractivity contribution in [2.45, 2.75) is 19.0 Å². The molecule has 34 heavy (non-hydrogen) atoms. The van der Waals surface area contributed by atoms with E-state index in [4.69, 9.17) is 0 Å². The maximum absolute atomic E-state index is 13.6. The summed E-state index contributed by atoms with van der Waals surface area (Å²) >= 11 is 0. The molecule has 2 aromatic carbocycles. The summed E-state index contributed by atoms with van der Waals surface area (Å²) in [6.07, 6.45) is 2.53. The van der Waals surface area contributed by atoms with E-state index in [2.05, 4.69) is 16.8 Å². The largest absolute Gasteiger partial charge is 0.416 e. The minimum atomic E-state index is -4.58. The lowest BCUT2D eigenvalue weighted by Crippen LogP contribution is -2.62. The van der Waals surface area contributed by atoms with Crippen molar-refractivity contribution in [2.75, 3.05) is 13.1 Å². The average molecular weight is 466 g/mol. The average Bonchev–Trinajstić information content (AvgIpc) is 2.96. The van der Waals surface area contributed by atoms with E-state index in [-0.39, 0.29) is 23.9 Å². The third-order valence-electron chi connectivity index (χ3n) is 6.50. The zero-order valence-corrected chi connectivity index (χ0v) is 18.2. The van der Waals surface area contributed by atoms with Gasteiger partial charge in [0, 0.05) is 29.7 Å². The summed E-state index contributed by atoms with van der Waals surface area (Å²) < 4.78 is 39.2. The van der Waals surface area contributed by atoms with Crippen molar-refractivity contribution >= 4 is 17.4 Å². The maximum Gasteiger partial charge on any atom is 0.416 e. The Hall–Kier alpha value is -3.49. The molecule has 5 rings (SSSR count). The number of nitrogens with one attached hydrogen (secondary N) is 2. The predicted molar refractivity (Wildman–Crippen MR) is 120 cm³/mol. The molecule has 8 heteroatoms. The van der Waals surface area contributed by atoms with Gasteiger partial charge in [-0.2, -0.15) is 18.6 Å². The maximum atomic E-state index is 13.6. The Morgan fingerprint density at radius 2 is 1.88 bits per heavy atom. The monoisotopic (exact) mass is 466 g/mol. The molecule has 2 atom stereocenters. The van der Waals surface area contributed by atoms with Gasteiger partial charge in [-0.05, 0) is 30.2 Å². The minimum absolute atomic E-state index is 0.0225. The minimum Gasteiger partial charge on any atom is -0.304 e. The van der Waals surface area contributed by atoms with Gasteiger partial charge in [0.1, 0.15) is 12.7 Å². The van der Waals surface area contributed by atoms with Crippen molar-refractivity contribution in [3.05, 3.63) is 101 Å². The second-order valence-electron chi connectivity index (χ2n) is 8.71. The third-order valence-corrected chi connectivity index (χ3v) is 6.50. The predicted octanol–water partition coefficient (Wildman–Crippen LogP) is 4.57. The molecule has 5 nitrogen and oxygen atoms in total. The van der Waals surface area contributed by atoms with Gasteiger partial charge in [0.15, 0.2) is 5.70 Å². The molecular weight excluding hydrogens is 443 g/mol. The summed E-state index contributed by atoms with van der Waals surface area (Å²) in [5.41, 5.74) is 5.25. The van der Waals surface area contributed by atoms with Gasteiger partial charge in [-0.15, -0.1) is 4.59 Å². The van der Waals surface area contributed by atoms with Crippen LogP contribution in [-0.2, 0) is 11.0 Å². The fourth-order valence-electron chi connectivity index (χ4n) is 4.96. The van der Waals surface area contributed by atoms with E-state index in [0.717, 1.165) is 34.5 Å². The first-order valence-electron chi connectivity index (χ1n) is 11.1. The van der Waals surface area contributed by atoms with Crippen molar-refractivity contribution in [1.29, 1.82) is 0 Å². The molecular formula is C26H23F3N3O2+. The Labute approximate surface area is 194 Å². The van der Waals surface area contributed by atoms with Crippen molar-refractivity contribution in [3.63, 3.8) is 0 Å². The molecule has 1 saturated heterocycles. The normalized spacial score (nSPS) is 24.3. The van der Waals surface area contributed by atoms with Crippen LogP contribution in [0.2, 0.25) is 0 Å². The first-order valence-corrected chi connectivity index (χ1v) is 11.1. The highest BCUT2D eigenvalue weighted by atomic mass is 19.4. The van der Waals surface area contributed by atoms with Crippen LogP contribution in [-0.4, -0.2) is 29.5 Å². The second-order valence-corrected chi connectivity index (χ2v) is 8.71. The van der Waals surface area contributed by atoms with Crippen LogP contribution in [0.25, 0.3) is 5.57 Å². The molecule has 2 aromatic rings. The van der Waals surface area contributed by atoms with E-state index in [1.54, 1.807) is 6.20 Å². The summed E-state index contributed by atoms with van der Waals surface area (Å²) in [6, 6.07) is 13.8. The summed E-state index contributed by atoms with van der Waals surface area (Å²) in [5, 5.41) is 3.17. The quantitative estimate of drug-likeness (QED) is 0.652. The van der Waals surface area contributed by atoms with Crippen LogP contribution in [0.1, 0.15) is 34.3 Å². The molecule has 0 saturated carbocycles. The molecule has 0 spiro atoms. The van der Waals surface area contributed by atoms with Gasteiger partial charge in [-0.3, -0.25) is 4.79 Å². The zero-order valence-electron chi connectivity index (χ0n) is 18.2. The van der Waals surface area contributed by atoms with Crippen LogP contribution in [0.3, 0.4) is 0 Å². The second kappa shape index (κ2) is 8.38. The van der Waals surface area contributed by atoms with Gasteiger partial charge in [0.25, 0.3) is 5.91 Å². The van der Waals surface area contributed by atoms with Gasteiger partial charge in [0.2, 0.25) is 0 Å². The highest BCUT2D eigenvalue weighted by molar-refractivity contribution is 5.95. The van der Waals surface area contributed by atoms with E-state index < -0.39 is 22.2 Å². The molecule has 0 aromatic heterocycles. The van der Waals surface area contributed by atoms with Crippen molar-refractivity contribution in [3.8, 4) is 0 Å². The highest BCUT2D eigenvalue weighted by Gasteiger charge is 2.51. The van der Waals surface area contributed by atoms with Crippen LogP contribution in [0, 0.1) is 5.92 Å². The molecule has 0 radical (unpaired) electrons. The first-order chi connectivity index (χ1) is 16.3. The van der Waals surface area contributed by atoms with E-state index >= 15 is 0 Å². The lowest BCUT2D eigenvalue weighted by molar-refractivity contribution is -0.804. The Morgan fingerprint density at radius 1 is 1.09 bits per heavy atom. The Kier molecular flexibility index (Phi) is 5.50. The third kappa shape index (κ3) is 3.89. The van der Waals surface area contributed by atoms with Gasteiger partial charge >= 0.3 is 12.1 Å². The number of hydrogen-bond donors (Lipinski definition) is 2. The van der Waals surface area contributed by atoms with E-state index in [9.17, 15) is 22.8 Å². The van der Waals surface area contributed by atoms with Gasteiger partial charge in [-0.1, -0.05) is 48.6 Å². The van der Waals surface area contributed by atoms with Gasteiger partial charge in [0.05, 0.1) is 11.5 Å². The molecule has 2 amide bonds. The number of nitrogens with zero attached hydrogens (tertiary/aromatic N) is 1. The summed E-state index contributed by atoms with van der Waals surface area (Å²) in [4.78, 5) is 26.9. The lowest BCUT2D eigenvalue weighted by Gasteiger charge is -2.39.